The lowest BCUT2D eigenvalue weighted by atomic mass is 9.98. The number of hydrogen-bond acceptors (Lipinski definition) is 3. The van der Waals surface area contributed by atoms with Crippen molar-refractivity contribution in [3.63, 3.8) is 0 Å². The van der Waals surface area contributed by atoms with Crippen LogP contribution in [0.5, 0.6) is 0 Å². The quantitative estimate of drug-likeness (QED) is 0.791. The Kier molecular flexibility index (Phi) is 4.98. The molecule has 5 nitrogen and oxygen atoms in total. The normalized spacial score (nSPS) is 17.9. The zero-order valence-corrected chi connectivity index (χ0v) is 11.7. The minimum absolute atomic E-state index is 0.121. The van der Waals surface area contributed by atoms with Gasteiger partial charge in [-0.3, -0.25) is 0 Å². The number of aliphatic hydroxyl groups excluding tert-OH is 2. The minimum atomic E-state index is -0.549. The van der Waals surface area contributed by atoms with E-state index >= 15 is 0 Å². The molecule has 1 aliphatic heterocycles. The van der Waals surface area contributed by atoms with Gasteiger partial charge < -0.3 is 20.4 Å². The van der Waals surface area contributed by atoms with Crippen molar-refractivity contribution in [2.75, 3.05) is 25.0 Å². The van der Waals surface area contributed by atoms with Crippen LogP contribution in [0.2, 0.25) is 0 Å². The highest BCUT2D eigenvalue weighted by Crippen LogP contribution is 2.19. The van der Waals surface area contributed by atoms with E-state index < -0.39 is 6.10 Å². The number of carbonyl (C=O) groups excluding carboxylic acids is 1. The Labute approximate surface area is 119 Å². The number of amides is 2. The fourth-order valence-electron chi connectivity index (χ4n) is 2.40. The predicted molar refractivity (Wildman–Crippen MR) is 77.5 cm³/mol. The maximum absolute atomic E-state index is 12.1. The molecule has 1 heterocycles. The molecule has 1 unspecified atom stereocenters. The van der Waals surface area contributed by atoms with E-state index in [1.54, 1.807) is 17.9 Å². The molecule has 0 saturated carbocycles. The van der Waals surface area contributed by atoms with Crippen molar-refractivity contribution in [2.24, 2.45) is 5.92 Å². The summed E-state index contributed by atoms with van der Waals surface area (Å²) < 4.78 is 0. The predicted octanol–water partition coefficient (Wildman–Crippen LogP) is 1.98. The van der Waals surface area contributed by atoms with Crippen LogP contribution in [0.25, 0.3) is 0 Å². The molecule has 0 radical (unpaired) electrons. The topological polar surface area (TPSA) is 72.8 Å². The number of likely N-dealkylation sites (tertiary alicyclic amines) is 1. The fourth-order valence-corrected chi connectivity index (χ4v) is 2.40. The Morgan fingerprint density at radius 3 is 2.75 bits per heavy atom. The monoisotopic (exact) mass is 278 g/mol. The Morgan fingerprint density at radius 2 is 2.15 bits per heavy atom. The van der Waals surface area contributed by atoms with E-state index in [1.165, 1.54) is 0 Å². The summed E-state index contributed by atoms with van der Waals surface area (Å²) in [6, 6.07) is 7.11. The van der Waals surface area contributed by atoms with Gasteiger partial charge in [-0.25, -0.2) is 4.79 Å². The number of anilines is 1. The second kappa shape index (κ2) is 6.72. The highest BCUT2D eigenvalue weighted by Gasteiger charge is 2.22. The van der Waals surface area contributed by atoms with Gasteiger partial charge >= 0.3 is 6.03 Å². The van der Waals surface area contributed by atoms with Crippen LogP contribution in [0.1, 0.15) is 31.4 Å². The molecule has 1 saturated heterocycles. The number of nitrogens with one attached hydrogen (secondary N) is 1. The summed E-state index contributed by atoms with van der Waals surface area (Å²) in [5.74, 6) is 0.317. The third kappa shape index (κ3) is 3.71. The van der Waals surface area contributed by atoms with E-state index in [-0.39, 0.29) is 12.6 Å². The molecule has 1 aliphatic rings. The first-order valence-corrected chi connectivity index (χ1v) is 7.05. The van der Waals surface area contributed by atoms with Crippen molar-refractivity contribution in [1.29, 1.82) is 0 Å². The van der Waals surface area contributed by atoms with E-state index in [0.717, 1.165) is 18.4 Å². The Hall–Kier alpha value is -1.59. The van der Waals surface area contributed by atoms with Gasteiger partial charge in [0.05, 0.1) is 6.10 Å². The first-order valence-electron chi connectivity index (χ1n) is 7.05. The van der Waals surface area contributed by atoms with Gasteiger partial charge in [0, 0.05) is 25.4 Å². The molecule has 1 aromatic rings. The van der Waals surface area contributed by atoms with Crippen LogP contribution >= 0.6 is 0 Å². The van der Waals surface area contributed by atoms with E-state index in [1.807, 2.05) is 18.2 Å². The first kappa shape index (κ1) is 14.8. The Bertz CT molecular complexity index is 454. The van der Waals surface area contributed by atoms with Crippen LogP contribution < -0.4 is 5.32 Å². The molecule has 20 heavy (non-hydrogen) atoms. The summed E-state index contributed by atoms with van der Waals surface area (Å²) in [6.07, 6.45) is 1.14. The number of rotatable bonds is 3. The van der Waals surface area contributed by atoms with Crippen LogP contribution in [0.3, 0.4) is 0 Å². The number of benzene rings is 1. The lowest BCUT2D eigenvalue weighted by Gasteiger charge is -2.31. The van der Waals surface area contributed by atoms with Crippen LogP contribution in [-0.2, 0) is 0 Å². The molecule has 3 N–H and O–H groups in total. The summed E-state index contributed by atoms with van der Waals surface area (Å²) >= 11 is 0. The summed E-state index contributed by atoms with van der Waals surface area (Å²) in [7, 11) is 0. The SMILES string of the molecule is CC(O)c1cccc(NC(=O)N2CCC(CO)CC2)c1. The van der Waals surface area contributed by atoms with Crippen LogP contribution in [0.15, 0.2) is 24.3 Å². The molecule has 2 rings (SSSR count). The molecule has 0 bridgehead atoms. The van der Waals surface area contributed by atoms with Gasteiger partial charge in [0.2, 0.25) is 0 Å². The lowest BCUT2D eigenvalue weighted by Crippen LogP contribution is -2.41. The van der Waals surface area contributed by atoms with E-state index in [0.29, 0.717) is 24.7 Å². The standard InChI is InChI=1S/C15H22N2O3/c1-11(19)13-3-2-4-14(9-13)16-15(20)17-7-5-12(10-18)6-8-17/h2-4,9,11-12,18-19H,5-8,10H2,1H3,(H,16,20). The minimum Gasteiger partial charge on any atom is -0.396 e. The van der Waals surface area contributed by atoms with E-state index in [4.69, 9.17) is 5.11 Å². The van der Waals surface area contributed by atoms with Gasteiger partial charge in [0.1, 0.15) is 0 Å². The molecule has 1 atom stereocenters. The molecule has 110 valence electrons. The zero-order valence-electron chi connectivity index (χ0n) is 11.7. The first-order chi connectivity index (χ1) is 9.60. The van der Waals surface area contributed by atoms with Crippen LogP contribution in [0.4, 0.5) is 10.5 Å². The van der Waals surface area contributed by atoms with Gasteiger partial charge in [-0.2, -0.15) is 0 Å². The average molecular weight is 278 g/mol. The Balaban J connectivity index is 1.93. The molecule has 1 aromatic carbocycles. The number of hydrogen-bond donors (Lipinski definition) is 3. The smallest absolute Gasteiger partial charge is 0.321 e. The van der Waals surface area contributed by atoms with Gasteiger partial charge in [-0.15, -0.1) is 0 Å². The maximum atomic E-state index is 12.1. The summed E-state index contributed by atoms with van der Waals surface area (Å²) in [5.41, 5.74) is 1.47. The van der Waals surface area contributed by atoms with Crippen LogP contribution in [-0.4, -0.2) is 40.8 Å². The second-order valence-electron chi connectivity index (χ2n) is 5.34. The molecular formula is C15H22N2O3. The fraction of sp³-hybridized carbons (Fsp3) is 0.533. The number of piperidine rings is 1. The third-order valence-electron chi connectivity index (χ3n) is 3.78. The number of aliphatic hydroxyl groups is 2. The molecule has 2 amide bonds. The van der Waals surface area contributed by atoms with Gasteiger partial charge in [-0.05, 0) is 43.4 Å². The lowest BCUT2D eigenvalue weighted by molar-refractivity contribution is 0.143. The largest absolute Gasteiger partial charge is 0.396 e. The average Bonchev–Trinajstić information content (AvgIpc) is 2.47. The van der Waals surface area contributed by atoms with Crippen LogP contribution in [0, 0.1) is 5.92 Å². The molecule has 1 fully saturated rings. The zero-order chi connectivity index (χ0) is 14.5. The van der Waals surface area contributed by atoms with Gasteiger partial charge in [0.25, 0.3) is 0 Å². The van der Waals surface area contributed by atoms with Crippen molar-refractivity contribution in [3.05, 3.63) is 29.8 Å². The summed E-state index contributed by atoms with van der Waals surface area (Å²) in [4.78, 5) is 13.9. The molecular weight excluding hydrogens is 256 g/mol. The summed E-state index contributed by atoms with van der Waals surface area (Å²) in [5, 5.41) is 21.5. The van der Waals surface area contributed by atoms with Gasteiger partial charge in [0.15, 0.2) is 0 Å². The third-order valence-corrected chi connectivity index (χ3v) is 3.78. The highest BCUT2D eigenvalue weighted by atomic mass is 16.3. The Morgan fingerprint density at radius 1 is 1.45 bits per heavy atom. The summed E-state index contributed by atoms with van der Waals surface area (Å²) in [6.45, 7) is 3.24. The van der Waals surface area contributed by atoms with Crippen molar-refractivity contribution in [3.8, 4) is 0 Å². The number of carbonyl (C=O) groups is 1. The second-order valence-corrected chi connectivity index (χ2v) is 5.34. The maximum Gasteiger partial charge on any atom is 0.321 e. The van der Waals surface area contributed by atoms with Crippen molar-refractivity contribution in [2.45, 2.75) is 25.9 Å². The molecule has 0 aromatic heterocycles. The van der Waals surface area contributed by atoms with Crippen molar-refractivity contribution >= 4 is 11.7 Å². The molecule has 0 spiro atoms. The van der Waals surface area contributed by atoms with E-state index in [2.05, 4.69) is 5.32 Å². The molecule has 5 heteroatoms. The molecule has 0 aliphatic carbocycles. The van der Waals surface area contributed by atoms with Crippen molar-refractivity contribution < 1.29 is 15.0 Å². The number of nitrogens with zero attached hydrogens (tertiary/aromatic N) is 1. The number of urea groups is 1. The van der Waals surface area contributed by atoms with Crippen molar-refractivity contribution in [1.82, 2.24) is 4.90 Å². The van der Waals surface area contributed by atoms with Gasteiger partial charge in [-0.1, -0.05) is 12.1 Å². The highest BCUT2D eigenvalue weighted by molar-refractivity contribution is 5.89. The van der Waals surface area contributed by atoms with E-state index in [9.17, 15) is 9.90 Å².